The van der Waals surface area contributed by atoms with Gasteiger partial charge in [0.05, 0.1) is 18.9 Å². The predicted octanol–water partition coefficient (Wildman–Crippen LogP) is 4.70. The van der Waals surface area contributed by atoms with Crippen molar-refractivity contribution in [1.82, 2.24) is 5.32 Å². The molecule has 0 amide bonds. The van der Waals surface area contributed by atoms with Gasteiger partial charge < -0.3 is 14.5 Å². The van der Waals surface area contributed by atoms with Crippen LogP contribution in [0.25, 0.3) is 0 Å². The van der Waals surface area contributed by atoms with Crippen LogP contribution in [0.2, 0.25) is 0 Å². The van der Waals surface area contributed by atoms with Crippen LogP contribution >= 0.6 is 0 Å². The van der Waals surface area contributed by atoms with E-state index >= 15 is 0 Å². The normalized spacial score (nSPS) is 12.3. The van der Waals surface area contributed by atoms with E-state index < -0.39 is 0 Å². The largest absolute Gasteiger partial charge is 0.494 e. The molecule has 1 heterocycles. The van der Waals surface area contributed by atoms with Crippen LogP contribution in [0.1, 0.15) is 50.5 Å². The molecule has 1 aromatic carbocycles. The summed E-state index contributed by atoms with van der Waals surface area (Å²) < 4.78 is 11.1. The Morgan fingerprint density at radius 2 is 1.95 bits per heavy atom. The minimum Gasteiger partial charge on any atom is -0.494 e. The average Bonchev–Trinajstić information content (AvgIpc) is 3.05. The minimum absolute atomic E-state index is 0.213. The van der Waals surface area contributed by atoms with Crippen molar-refractivity contribution in [2.75, 3.05) is 6.61 Å². The molecule has 0 fully saturated rings. The fourth-order valence-corrected chi connectivity index (χ4v) is 2.15. The van der Waals surface area contributed by atoms with E-state index in [1.165, 1.54) is 18.4 Å². The third kappa shape index (κ3) is 5.27. The molecule has 0 unspecified atom stereocenters. The summed E-state index contributed by atoms with van der Waals surface area (Å²) in [6.45, 7) is 5.93. The maximum Gasteiger partial charge on any atom is 0.120 e. The molecule has 3 heteroatoms. The predicted molar refractivity (Wildman–Crippen MR) is 85.4 cm³/mol. The molecule has 1 atom stereocenters. The lowest BCUT2D eigenvalue weighted by molar-refractivity contribution is 0.306. The second-order valence-corrected chi connectivity index (χ2v) is 5.32. The van der Waals surface area contributed by atoms with E-state index in [0.717, 1.165) is 31.1 Å². The van der Waals surface area contributed by atoms with E-state index in [2.05, 4.69) is 31.3 Å². The zero-order valence-corrected chi connectivity index (χ0v) is 13.0. The SMILES string of the molecule is CCCCCOc1ccc(CN[C@H](C)c2ccco2)cc1. The van der Waals surface area contributed by atoms with E-state index in [4.69, 9.17) is 9.15 Å². The first kappa shape index (κ1) is 15.6. The van der Waals surface area contributed by atoms with Crippen molar-refractivity contribution in [3.8, 4) is 5.75 Å². The van der Waals surface area contributed by atoms with E-state index in [1.54, 1.807) is 6.26 Å². The quantitative estimate of drug-likeness (QED) is 0.679. The topological polar surface area (TPSA) is 34.4 Å². The molecule has 3 nitrogen and oxygen atoms in total. The van der Waals surface area contributed by atoms with Crippen LogP contribution in [0.5, 0.6) is 5.75 Å². The highest BCUT2D eigenvalue weighted by molar-refractivity contribution is 5.27. The summed E-state index contributed by atoms with van der Waals surface area (Å²) >= 11 is 0. The summed E-state index contributed by atoms with van der Waals surface area (Å²) in [5, 5.41) is 3.45. The van der Waals surface area contributed by atoms with Gasteiger partial charge in [0.2, 0.25) is 0 Å². The van der Waals surface area contributed by atoms with Crippen molar-refractivity contribution in [3.05, 3.63) is 54.0 Å². The van der Waals surface area contributed by atoms with Crippen LogP contribution in [-0.2, 0) is 6.54 Å². The number of nitrogens with one attached hydrogen (secondary N) is 1. The minimum atomic E-state index is 0.213. The third-order valence-electron chi connectivity index (χ3n) is 3.52. The van der Waals surface area contributed by atoms with Crippen molar-refractivity contribution in [2.24, 2.45) is 0 Å². The highest BCUT2D eigenvalue weighted by atomic mass is 16.5. The van der Waals surface area contributed by atoms with Crippen molar-refractivity contribution in [1.29, 1.82) is 0 Å². The molecule has 0 radical (unpaired) electrons. The van der Waals surface area contributed by atoms with Crippen molar-refractivity contribution in [2.45, 2.75) is 45.7 Å². The molecule has 0 aliphatic rings. The number of hydrogen-bond donors (Lipinski definition) is 1. The summed E-state index contributed by atoms with van der Waals surface area (Å²) in [6, 6.07) is 12.4. The number of furan rings is 1. The number of hydrogen-bond acceptors (Lipinski definition) is 3. The Morgan fingerprint density at radius 3 is 2.62 bits per heavy atom. The number of rotatable bonds is 9. The first-order chi connectivity index (χ1) is 10.3. The van der Waals surface area contributed by atoms with Gasteiger partial charge in [-0.05, 0) is 43.2 Å². The summed E-state index contributed by atoms with van der Waals surface area (Å²) in [4.78, 5) is 0. The second kappa shape index (κ2) is 8.53. The summed E-state index contributed by atoms with van der Waals surface area (Å²) in [5.74, 6) is 1.92. The summed E-state index contributed by atoms with van der Waals surface area (Å²) in [6.07, 6.45) is 5.28. The number of benzene rings is 1. The molecule has 0 spiro atoms. The Labute approximate surface area is 127 Å². The van der Waals surface area contributed by atoms with Gasteiger partial charge in [-0.1, -0.05) is 31.9 Å². The van der Waals surface area contributed by atoms with Gasteiger partial charge in [0.15, 0.2) is 0 Å². The first-order valence-corrected chi connectivity index (χ1v) is 7.78. The standard InChI is InChI=1S/C18H25NO2/c1-3-4-5-12-20-17-10-8-16(9-11-17)14-19-15(2)18-7-6-13-21-18/h6-11,13,15,19H,3-5,12,14H2,1-2H3/t15-/m1/s1. The van der Waals surface area contributed by atoms with Gasteiger partial charge in [-0.3, -0.25) is 0 Å². The van der Waals surface area contributed by atoms with E-state index in [1.807, 2.05) is 24.3 Å². The van der Waals surface area contributed by atoms with E-state index in [0.29, 0.717) is 0 Å². The number of unbranched alkanes of at least 4 members (excludes halogenated alkanes) is 2. The lowest BCUT2D eigenvalue weighted by Gasteiger charge is -2.12. The van der Waals surface area contributed by atoms with Gasteiger partial charge in [0.25, 0.3) is 0 Å². The Morgan fingerprint density at radius 1 is 1.14 bits per heavy atom. The second-order valence-electron chi connectivity index (χ2n) is 5.32. The molecule has 2 rings (SSSR count). The van der Waals surface area contributed by atoms with E-state index in [-0.39, 0.29) is 6.04 Å². The summed E-state index contributed by atoms with van der Waals surface area (Å²) in [5.41, 5.74) is 1.24. The molecule has 1 N–H and O–H groups in total. The maximum atomic E-state index is 5.71. The monoisotopic (exact) mass is 287 g/mol. The highest BCUT2D eigenvalue weighted by Gasteiger charge is 2.07. The maximum absolute atomic E-state index is 5.71. The number of ether oxygens (including phenoxy) is 1. The molecule has 114 valence electrons. The fraction of sp³-hybridized carbons (Fsp3) is 0.444. The van der Waals surface area contributed by atoms with Crippen LogP contribution in [0.15, 0.2) is 47.1 Å². The van der Waals surface area contributed by atoms with Gasteiger partial charge in [-0.25, -0.2) is 0 Å². The van der Waals surface area contributed by atoms with E-state index in [9.17, 15) is 0 Å². The van der Waals surface area contributed by atoms with Crippen LogP contribution in [0.3, 0.4) is 0 Å². The van der Waals surface area contributed by atoms with Crippen molar-refractivity contribution in [3.63, 3.8) is 0 Å². The van der Waals surface area contributed by atoms with Gasteiger partial charge in [0.1, 0.15) is 11.5 Å². The van der Waals surface area contributed by atoms with Gasteiger partial charge in [0, 0.05) is 6.54 Å². The molecular weight excluding hydrogens is 262 g/mol. The van der Waals surface area contributed by atoms with Crippen LogP contribution in [0, 0.1) is 0 Å². The molecule has 1 aromatic heterocycles. The average molecular weight is 287 g/mol. The molecule has 0 saturated heterocycles. The summed E-state index contributed by atoms with van der Waals surface area (Å²) in [7, 11) is 0. The smallest absolute Gasteiger partial charge is 0.120 e. The Hall–Kier alpha value is -1.74. The van der Waals surface area contributed by atoms with Crippen molar-refractivity contribution >= 4 is 0 Å². The van der Waals surface area contributed by atoms with Crippen molar-refractivity contribution < 1.29 is 9.15 Å². The fourth-order valence-electron chi connectivity index (χ4n) is 2.15. The van der Waals surface area contributed by atoms with Gasteiger partial charge in [-0.2, -0.15) is 0 Å². The molecule has 0 aliphatic carbocycles. The zero-order valence-electron chi connectivity index (χ0n) is 13.0. The Kier molecular flexibility index (Phi) is 6.35. The molecule has 0 aliphatic heterocycles. The molecular formula is C18H25NO2. The highest BCUT2D eigenvalue weighted by Crippen LogP contribution is 2.15. The van der Waals surface area contributed by atoms with Crippen LogP contribution in [-0.4, -0.2) is 6.61 Å². The lowest BCUT2D eigenvalue weighted by atomic mass is 10.2. The molecule has 2 aromatic rings. The molecule has 0 bridgehead atoms. The Balaban J connectivity index is 1.74. The lowest BCUT2D eigenvalue weighted by Crippen LogP contribution is -2.17. The molecule has 0 saturated carbocycles. The zero-order chi connectivity index (χ0) is 14.9. The first-order valence-electron chi connectivity index (χ1n) is 7.78. The van der Waals surface area contributed by atoms with Gasteiger partial charge in [-0.15, -0.1) is 0 Å². The van der Waals surface area contributed by atoms with Crippen LogP contribution in [0.4, 0.5) is 0 Å². The Bertz CT molecular complexity index is 490. The van der Waals surface area contributed by atoms with Crippen LogP contribution < -0.4 is 10.1 Å². The third-order valence-corrected chi connectivity index (χ3v) is 3.52. The molecule has 21 heavy (non-hydrogen) atoms. The van der Waals surface area contributed by atoms with Gasteiger partial charge >= 0.3 is 0 Å².